The molecule has 0 radical (unpaired) electrons. The van der Waals surface area contributed by atoms with Crippen LogP contribution in [0.4, 0.5) is 0 Å². The Balaban J connectivity index is 1.97. The van der Waals surface area contributed by atoms with E-state index in [1.807, 2.05) is 0 Å². The third-order valence-electron chi connectivity index (χ3n) is 4.06. The topological polar surface area (TPSA) is 78.8 Å². The molecule has 1 N–H and O–H groups in total. The van der Waals surface area contributed by atoms with Crippen LogP contribution in [0.15, 0.2) is 23.3 Å². The highest BCUT2D eigenvalue weighted by molar-refractivity contribution is 7.88. The second-order valence-electron chi connectivity index (χ2n) is 6.06. The third-order valence-corrected chi connectivity index (χ3v) is 5.90. The van der Waals surface area contributed by atoms with E-state index in [-0.39, 0.29) is 12.6 Å². The van der Waals surface area contributed by atoms with Crippen LogP contribution < -0.4 is 5.43 Å². The van der Waals surface area contributed by atoms with Crippen LogP contribution in [0.25, 0.3) is 0 Å². The van der Waals surface area contributed by atoms with E-state index >= 15 is 0 Å². The number of nitrogens with zero attached hydrogens (tertiary/aromatic N) is 2. The molecule has 0 spiro atoms. The third kappa shape index (κ3) is 6.26. The van der Waals surface area contributed by atoms with Gasteiger partial charge in [-0.15, -0.1) is 0 Å². The first-order chi connectivity index (χ1) is 11.8. The zero-order valence-electron chi connectivity index (χ0n) is 13.9. The second kappa shape index (κ2) is 8.98. The Morgan fingerprint density at radius 3 is 2.60 bits per heavy atom. The fourth-order valence-corrected chi connectivity index (χ4v) is 4.40. The number of hydrazone groups is 1. The van der Waals surface area contributed by atoms with Gasteiger partial charge in [0.2, 0.25) is 10.0 Å². The molecule has 6 nitrogen and oxygen atoms in total. The molecule has 138 valence electrons. The molecule has 1 amide bonds. The zero-order chi connectivity index (χ0) is 18.4. The number of amides is 1. The molecule has 25 heavy (non-hydrogen) atoms. The van der Waals surface area contributed by atoms with E-state index in [1.165, 1.54) is 10.5 Å². The van der Waals surface area contributed by atoms with Crippen molar-refractivity contribution >= 4 is 45.3 Å². The van der Waals surface area contributed by atoms with Gasteiger partial charge in [0.1, 0.15) is 0 Å². The predicted molar refractivity (Wildman–Crippen MR) is 101 cm³/mol. The van der Waals surface area contributed by atoms with Gasteiger partial charge in [0, 0.05) is 16.6 Å². The lowest BCUT2D eigenvalue weighted by molar-refractivity contribution is -0.121. The van der Waals surface area contributed by atoms with E-state index < -0.39 is 15.9 Å². The number of carbonyl (C=O) groups excluding carboxylic acids is 1. The lowest BCUT2D eigenvalue weighted by atomic mass is 9.95. The number of halogens is 2. The number of nitrogens with one attached hydrogen (secondary N) is 1. The molecule has 0 aromatic heterocycles. The van der Waals surface area contributed by atoms with Crippen molar-refractivity contribution in [3.05, 3.63) is 33.8 Å². The molecule has 1 saturated carbocycles. The van der Waals surface area contributed by atoms with Gasteiger partial charge in [0.25, 0.3) is 5.91 Å². The summed E-state index contributed by atoms with van der Waals surface area (Å²) in [6, 6.07) is 4.78. The van der Waals surface area contributed by atoms with Crippen molar-refractivity contribution in [3.8, 4) is 0 Å². The van der Waals surface area contributed by atoms with E-state index in [9.17, 15) is 13.2 Å². The molecule has 0 heterocycles. The number of rotatable bonds is 6. The summed E-state index contributed by atoms with van der Waals surface area (Å²) in [6.45, 7) is -0.241. The Hall–Kier alpha value is -1.15. The Kier molecular flexibility index (Phi) is 7.25. The molecule has 2 rings (SSSR count). The normalized spacial score (nSPS) is 16.5. The molecule has 1 aliphatic rings. The average molecular weight is 406 g/mol. The van der Waals surface area contributed by atoms with Crippen molar-refractivity contribution < 1.29 is 13.2 Å². The van der Waals surface area contributed by atoms with Crippen LogP contribution in [0.2, 0.25) is 10.0 Å². The van der Waals surface area contributed by atoms with Gasteiger partial charge in [-0.2, -0.15) is 9.41 Å². The summed E-state index contributed by atoms with van der Waals surface area (Å²) in [5.74, 6) is -0.489. The standard InChI is InChI=1S/C16H21Cl2N3O3S/c1-25(23,24)21(14-5-3-2-4-6-14)11-16(22)20-19-10-12-7-8-13(17)9-15(12)18/h7-10,14H,2-6,11H2,1H3,(H,20,22)/b19-10+. The maximum Gasteiger partial charge on any atom is 0.255 e. The first kappa shape index (κ1) is 20.2. The van der Waals surface area contributed by atoms with E-state index in [0.29, 0.717) is 15.6 Å². The second-order valence-corrected chi connectivity index (χ2v) is 8.84. The fourth-order valence-electron chi connectivity index (χ4n) is 2.84. The smallest absolute Gasteiger partial charge is 0.255 e. The summed E-state index contributed by atoms with van der Waals surface area (Å²) < 4.78 is 25.3. The van der Waals surface area contributed by atoms with Gasteiger partial charge in [-0.3, -0.25) is 4.79 Å². The van der Waals surface area contributed by atoms with E-state index in [0.717, 1.165) is 38.4 Å². The highest BCUT2D eigenvalue weighted by Gasteiger charge is 2.29. The van der Waals surface area contributed by atoms with Crippen molar-refractivity contribution in [1.82, 2.24) is 9.73 Å². The summed E-state index contributed by atoms with van der Waals surface area (Å²) in [6.07, 6.45) is 7.14. The largest absolute Gasteiger partial charge is 0.272 e. The number of hydrogen-bond acceptors (Lipinski definition) is 4. The monoisotopic (exact) mass is 405 g/mol. The van der Waals surface area contributed by atoms with E-state index in [4.69, 9.17) is 23.2 Å². The maximum absolute atomic E-state index is 12.1. The summed E-state index contributed by atoms with van der Waals surface area (Å²) in [7, 11) is -3.46. The highest BCUT2D eigenvalue weighted by Crippen LogP contribution is 2.24. The molecular weight excluding hydrogens is 385 g/mol. The lowest BCUT2D eigenvalue weighted by Gasteiger charge is -2.31. The van der Waals surface area contributed by atoms with Crippen molar-refractivity contribution in [2.45, 2.75) is 38.1 Å². The molecule has 0 bridgehead atoms. The molecule has 0 aliphatic heterocycles. The lowest BCUT2D eigenvalue weighted by Crippen LogP contribution is -2.45. The van der Waals surface area contributed by atoms with Crippen LogP contribution in [0.3, 0.4) is 0 Å². The molecule has 9 heteroatoms. The average Bonchev–Trinajstić information content (AvgIpc) is 2.54. The van der Waals surface area contributed by atoms with Crippen LogP contribution in [0.1, 0.15) is 37.7 Å². The van der Waals surface area contributed by atoms with Crippen LogP contribution in [-0.2, 0) is 14.8 Å². The quantitative estimate of drug-likeness (QED) is 0.583. The molecule has 1 aromatic carbocycles. The van der Waals surface area contributed by atoms with Crippen LogP contribution in [0.5, 0.6) is 0 Å². The number of sulfonamides is 1. The maximum atomic E-state index is 12.1. The molecule has 1 aromatic rings. The SMILES string of the molecule is CS(=O)(=O)N(CC(=O)N/N=C/c1ccc(Cl)cc1Cl)C1CCCCC1. The first-order valence-corrected chi connectivity index (χ1v) is 10.6. The van der Waals surface area contributed by atoms with Crippen LogP contribution in [0, 0.1) is 0 Å². The van der Waals surface area contributed by atoms with Gasteiger partial charge in [-0.05, 0) is 25.0 Å². The predicted octanol–water partition coefficient (Wildman–Crippen LogP) is 3.04. The van der Waals surface area contributed by atoms with E-state index in [2.05, 4.69) is 10.5 Å². The van der Waals surface area contributed by atoms with E-state index in [1.54, 1.807) is 18.2 Å². The minimum absolute atomic E-state index is 0.121. The van der Waals surface area contributed by atoms with Gasteiger partial charge in [0.15, 0.2) is 0 Å². The molecular formula is C16H21Cl2N3O3S. The van der Waals surface area contributed by atoms with Gasteiger partial charge >= 0.3 is 0 Å². The van der Waals surface area contributed by atoms with Crippen LogP contribution in [-0.4, -0.2) is 43.7 Å². The minimum atomic E-state index is -3.46. The Bertz CT molecular complexity index is 747. The summed E-state index contributed by atoms with van der Waals surface area (Å²) in [4.78, 5) is 12.1. The summed E-state index contributed by atoms with van der Waals surface area (Å²) in [5, 5.41) is 4.75. The Morgan fingerprint density at radius 2 is 2.00 bits per heavy atom. The van der Waals surface area contributed by atoms with Crippen LogP contribution >= 0.6 is 23.2 Å². The van der Waals surface area contributed by atoms with Crippen molar-refractivity contribution in [1.29, 1.82) is 0 Å². The molecule has 0 atom stereocenters. The Labute approximate surface area is 158 Å². The number of benzene rings is 1. The minimum Gasteiger partial charge on any atom is -0.272 e. The molecule has 1 aliphatic carbocycles. The van der Waals surface area contributed by atoms with Crippen molar-refractivity contribution in [2.75, 3.05) is 12.8 Å². The number of carbonyl (C=O) groups is 1. The molecule has 0 unspecified atom stereocenters. The Morgan fingerprint density at radius 1 is 1.32 bits per heavy atom. The molecule has 0 saturated heterocycles. The summed E-state index contributed by atoms with van der Waals surface area (Å²) >= 11 is 11.8. The van der Waals surface area contributed by atoms with Gasteiger partial charge < -0.3 is 0 Å². The summed E-state index contributed by atoms with van der Waals surface area (Å²) in [5.41, 5.74) is 2.94. The first-order valence-electron chi connectivity index (χ1n) is 8.01. The molecule has 1 fully saturated rings. The van der Waals surface area contributed by atoms with Crippen molar-refractivity contribution in [3.63, 3.8) is 0 Å². The fraction of sp³-hybridized carbons (Fsp3) is 0.500. The number of hydrogen-bond donors (Lipinski definition) is 1. The van der Waals surface area contributed by atoms with Crippen molar-refractivity contribution in [2.24, 2.45) is 5.10 Å². The zero-order valence-corrected chi connectivity index (χ0v) is 16.2. The highest BCUT2D eigenvalue weighted by atomic mass is 35.5. The van der Waals surface area contributed by atoms with Gasteiger partial charge in [-0.1, -0.05) is 48.5 Å². The van der Waals surface area contributed by atoms with Gasteiger partial charge in [-0.25, -0.2) is 13.8 Å². The van der Waals surface area contributed by atoms with Gasteiger partial charge in [0.05, 0.1) is 24.0 Å².